The highest BCUT2D eigenvalue weighted by Crippen LogP contribution is 2.20. The van der Waals surface area contributed by atoms with Crippen LogP contribution in [0.3, 0.4) is 0 Å². The largest absolute Gasteiger partial charge is 0.392 e. The molecule has 2 N–H and O–H groups in total. The summed E-state index contributed by atoms with van der Waals surface area (Å²) in [5.41, 5.74) is 1.50. The summed E-state index contributed by atoms with van der Waals surface area (Å²) in [4.78, 5) is 14.3. The number of hydrogen-bond acceptors (Lipinski definition) is 3. The molecule has 0 aromatic rings. The molecule has 0 aromatic carbocycles. The molecule has 120 valence electrons. The van der Waals surface area contributed by atoms with Gasteiger partial charge in [-0.15, -0.1) is 0 Å². The second kappa shape index (κ2) is 7.95. The smallest absolute Gasteiger partial charge is 0.237 e. The fraction of sp³-hybridized carbons (Fsp3) is 0.824. The minimum Gasteiger partial charge on any atom is -0.392 e. The van der Waals surface area contributed by atoms with Gasteiger partial charge in [0.25, 0.3) is 0 Å². The Kier molecular flexibility index (Phi) is 6.24. The van der Waals surface area contributed by atoms with Crippen molar-refractivity contribution in [1.82, 2.24) is 10.2 Å². The average Bonchev–Trinajstić information content (AvgIpc) is 2.50. The van der Waals surface area contributed by atoms with Crippen LogP contribution in [0.5, 0.6) is 0 Å². The van der Waals surface area contributed by atoms with Crippen LogP contribution in [-0.4, -0.2) is 47.7 Å². The van der Waals surface area contributed by atoms with Crippen molar-refractivity contribution < 1.29 is 9.90 Å². The van der Waals surface area contributed by atoms with E-state index in [1.165, 1.54) is 31.3 Å². The maximum Gasteiger partial charge on any atom is 0.237 e. The summed E-state index contributed by atoms with van der Waals surface area (Å²) in [5, 5.41) is 13.0. The highest BCUT2D eigenvalue weighted by atomic mass is 16.3. The fourth-order valence-corrected chi connectivity index (χ4v) is 3.22. The molecule has 1 heterocycles. The molecule has 4 nitrogen and oxygen atoms in total. The molecule has 21 heavy (non-hydrogen) atoms. The molecule has 2 aliphatic rings. The topological polar surface area (TPSA) is 52.6 Å². The van der Waals surface area contributed by atoms with E-state index in [1.54, 1.807) is 0 Å². The van der Waals surface area contributed by atoms with Gasteiger partial charge < -0.3 is 10.4 Å². The SMILES string of the molecule is CC1CCN(C(C)C(=O)NCCC2=CCCCC2)CC1O. The number of aliphatic hydroxyl groups excluding tert-OH is 1. The van der Waals surface area contributed by atoms with Crippen molar-refractivity contribution in [2.24, 2.45) is 5.92 Å². The Hall–Kier alpha value is -0.870. The first kappa shape index (κ1) is 16.5. The first-order valence-electron chi connectivity index (χ1n) is 8.45. The molecule has 3 unspecified atom stereocenters. The Morgan fingerprint density at radius 1 is 1.52 bits per heavy atom. The van der Waals surface area contributed by atoms with Crippen LogP contribution in [0.15, 0.2) is 11.6 Å². The number of piperidine rings is 1. The van der Waals surface area contributed by atoms with Crippen molar-refractivity contribution in [3.63, 3.8) is 0 Å². The molecular formula is C17H30N2O2. The van der Waals surface area contributed by atoms with Gasteiger partial charge in [0.2, 0.25) is 5.91 Å². The molecule has 2 rings (SSSR count). The summed E-state index contributed by atoms with van der Waals surface area (Å²) >= 11 is 0. The number of nitrogens with one attached hydrogen (secondary N) is 1. The highest BCUT2D eigenvalue weighted by Gasteiger charge is 2.29. The molecule has 0 radical (unpaired) electrons. The van der Waals surface area contributed by atoms with E-state index in [9.17, 15) is 9.90 Å². The minimum atomic E-state index is -0.304. The van der Waals surface area contributed by atoms with Gasteiger partial charge in [-0.25, -0.2) is 0 Å². The van der Waals surface area contributed by atoms with E-state index in [1.807, 2.05) is 6.92 Å². The third-order valence-corrected chi connectivity index (χ3v) is 5.01. The molecule has 0 bridgehead atoms. The number of amides is 1. The minimum absolute atomic E-state index is 0.0909. The third kappa shape index (κ3) is 4.82. The second-order valence-corrected chi connectivity index (χ2v) is 6.65. The number of nitrogens with zero attached hydrogens (tertiary/aromatic N) is 1. The second-order valence-electron chi connectivity index (χ2n) is 6.65. The molecule has 1 aliphatic heterocycles. The Morgan fingerprint density at radius 2 is 2.33 bits per heavy atom. The van der Waals surface area contributed by atoms with Crippen LogP contribution < -0.4 is 5.32 Å². The number of aliphatic hydroxyl groups is 1. The average molecular weight is 294 g/mol. The molecule has 1 fully saturated rings. The van der Waals surface area contributed by atoms with E-state index >= 15 is 0 Å². The molecule has 0 saturated carbocycles. The first-order chi connectivity index (χ1) is 10.1. The maximum absolute atomic E-state index is 12.2. The quantitative estimate of drug-likeness (QED) is 0.763. The van der Waals surface area contributed by atoms with Crippen molar-refractivity contribution in [2.75, 3.05) is 19.6 Å². The van der Waals surface area contributed by atoms with E-state index in [0.29, 0.717) is 12.5 Å². The summed E-state index contributed by atoms with van der Waals surface area (Å²) in [6.45, 7) is 6.27. The van der Waals surface area contributed by atoms with Crippen molar-refractivity contribution in [3.05, 3.63) is 11.6 Å². The van der Waals surface area contributed by atoms with Crippen molar-refractivity contribution in [2.45, 2.75) is 64.5 Å². The van der Waals surface area contributed by atoms with Crippen LogP contribution in [-0.2, 0) is 4.79 Å². The van der Waals surface area contributed by atoms with Crippen LogP contribution in [0.1, 0.15) is 52.4 Å². The summed E-state index contributed by atoms with van der Waals surface area (Å²) in [5.74, 6) is 0.433. The molecule has 1 saturated heterocycles. The number of β-amino-alcohol motifs (C(OH)–C–C–N with tert-alkyl or cyclic N) is 1. The Labute approximate surface area is 128 Å². The summed E-state index contributed by atoms with van der Waals surface area (Å²) in [6.07, 6.45) is 8.97. The zero-order valence-electron chi connectivity index (χ0n) is 13.5. The summed E-state index contributed by atoms with van der Waals surface area (Å²) in [6, 6.07) is -0.146. The molecule has 1 amide bonds. The van der Waals surface area contributed by atoms with Crippen molar-refractivity contribution in [3.8, 4) is 0 Å². The Bertz CT molecular complexity index is 381. The number of allylic oxidation sites excluding steroid dienone is 1. The van der Waals surface area contributed by atoms with Gasteiger partial charge in [0.1, 0.15) is 0 Å². The van der Waals surface area contributed by atoms with Crippen LogP contribution in [0.2, 0.25) is 0 Å². The van der Waals surface area contributed by atoms with Gasteiger partial charge in [0.05, 0.1) is 12.1 Å². The van der Waals surface area contributed by atoms with E-state index < -0.39 is 0 Å². The van der Waals surface area contributed by atoms with Crippen molar-refractivity contribution in [1.29, 1.82) is 0 Å². The first-order valence-corrected chi connectivity index (χ1v) is 8.45. The number of carbonyl (C=O) groups is 1. The summed E-state index contributed by atoms with van der Waals surface area (Å²) < 4.78 is 0. The number of hydrogen-bond donors (Lipinski definition) is 2. The van der Waals surface area contributed by atoms with Gasteiger partial charge in [0.15, 0.2) is 0 Å². The predicted octanol–water partition coefficient (Wildman–Crippen LogP) is 2.08. The fourth-order valence-electron chi connectivity index (χ4n) is 3.22. The van der Waals surface area contributed by atoms with Gasteiger partial charge in [-0.2, -0.15) is 0 Å². The van der Waals surface area contributed by atoms with Gasteiger partial charge in [0, 0.05) is 13.1 Å². The lowest BCUT2D eigenvalue weighted by atomic mass is 9.95. The van der Waals surface area contributed by atoms with Crippen molar-refractivity contribution >= 4 is 5.91 Å². The highest BCUT2D eigenvalue weighted by molar-refractivity contribution is 5.81. The van der Waals surface area contributed by atoms with Crippen LogP contribution >= 0.6 is 0 Å². The molecule has 0 spiro atoms. The molecule has 0 aromatic heterocycles. The van der Waals surface area contributed by atoms with E-state index in [-0.39, 0.29) is 18.1 Å². The number of rotatable bonds is 5. The molecule has 4 heteroatoms. The van der Waals surface area contributed by atoms with E-state index in [4.69, 9.17) is 0 Å². The van der Waals surface area contributed by atoms with Gasteiger partial charge in [-0.1, -0.05) is 18.6 Å². The lowest BCUT2D eigenvalue weighted by Gasteiger charge is -2.37. The monoisotopic (exact) mass is 294 g/mol. The zero-order valence-corrected chi connectivity index (χ0v) is 13.5. The number of likely N-dealkylation sites (tertiary alicyclic amines) is 1. The van der Waals surface area contributed by atoms with Crippen LogP contribution in [0.25, 0.3) is 0 Å². The Balaban J connectivity index is 1.71. The molecule has 1 aliphatic carbocycles. The van der Waals surface area contributed by atoms with E-state index in [2.05, 4.69) is 23.2 Å². The van der Waals surface area contributed by atoms with Gasteiger partial charge >= 0.3 is 0 Å². The lowest BCUT2D eigenvalue weighted by Crippen LogP contribution is -2.52. The standard InChI is InChI=1S/C17H30N2O2/c1-13-9-11-19(12-16(13)20)14(2)17(21)18-10-8-15-6-4-3-5-7-15/h6,13-14,16,20H,3-5,7-12H2,1-2H3,(H,18,21). The normalized spacial score (nSPS) is 28.8. The van der Waals surface area contributed by atoms with Gasteiger partial charge in [-0.05, 0) is 57.9 Å². The summed E-state index contributed by atoms with van der Waals surface area (Å²) in [7, 11) is 0. The van der Waals surface area contributed by atoms with Crippen LogP contribution in [0.4, 0.5) is 0 Å². The third-order valence-electron chi connectivity index (χ3n) is 5.01. The van der Waals surface area contributed by atoms with E-state index in [0.717, 1.165) is 25.9 Å². The zero-order chi connectivity index (χ0) is 15.2. The van der Waals surface area contributed by atoms with Crippen LogP contribution in [0, 0.1) is 5.92 Å². The maximum atomic E-state index is 12.2. The Morgan fingerprint density at radius 3 is 3.00 bits per heavy atom. The van der Waals surface area contributed by atoms with Gasteiger partial charge in [-0.3, -0.25) is 9.69 Å². The molecule has 3 atom stereocenters. The predicted molar refractivity (Wildman–Crippen MR) is 85.0 cm³/mol. The number of carbonyl (C=O) groups excluding carboxylic acids is 1. The lowest BCUT2D eigenvalue weighted by molar-refractivity contribution is -0.127. The molecular weight excluding hydrogens is 264 g/mol.